The molecule has 0 bridgehead atoms. The molecule has 0 radical (unpaired) electrons. The van der Waals surface area contributed by atoms with Gasteiger partial charge in [-0.2, -0.15) is 0 Å². The maximum atomic E-state index is 13.3. The summed E-state index contributed by atoms with van der Waals surface area (Å²) in [4.78, 5) is 25.4. The molecule has 4 aliphatic carbocycles. The fourth-order valence-corrected chi connectivity index (χ4v) is 11.4. The van der Waals surface area contributed by atoms with Gasteiger partial charge in [-0.25, -0.2) is 0 Å². The molecule has 13 atom stereocenters. The van der Waals surface area contributed by atoms with Crippen LogP contribution in [0.4, 0.5) is 0 Å². The number of carboxylic acids is 1. The molecule has 11 heteroatoms. The summed E-state index contributed by atoms with van der Waals surface area (Å²) in [7, 11) is 0. The second-order valence-electron chi connectivity index (χ2n) is 14.5. The standard InChI is InChI=1S/C30H42O11/c1-16-10-20-23(38-15-37-20)24(40-16)41-17-2-8-29(25(32)33)18-3-6-26-13-39-27(12-22(31)36-14-27)21(26)5-9-30(26,35)19(18)4-7-28(29,34)11-17/h16-21,23-24,34-35H,2-15H2,1H3,(H,32,33)/t16-,17+,18+,19-,20-,21+,23-,24+,26+,27-,28+,29-,30+/m1/s1. The van der Waals surface area contributed by atoms with Crippen LogP contribution < -0.4 is 0 Å². The Labute approximate surface area is 239 Å². The predicted octanol–water partition coefficient (Wildman–Crippen LogP) is 1.90. The van der Waals surface area contributed by atoms with E-state index >= 15 is 0 Å². The van der Waals surface area contributed by atoms with Crippen LogP contribution in [0.3, 0.4) is 0 Å². The number of esters is 1. The van der Waals surface area contributed by atoms with Crippen molar-refractivity contribution >= 4 is 11.9 Å². The van der Waals surface area contributed by atoms with Crippen molar-refractivity contribution in [2.45, 2.75) is 125 Å². The van der Waals surface area contributed by atoms with E-state index in [1.807, 2.05) is 6.92 Å². The van der Waals surface area contributed by atoms with Gasteiger partial charge >= 0.3 is 11.9 Å². The molecule has 0 aromatic heterocycles. The van der Waals surface area contributed by atoms with E-state index in [9.17, 15) is 24.9 Å². The lowest BCUT2D eigenvalue weighted by molar-refractivity contribution is -0.292. The number of fused-ring (bicyclic) bond motifs is 6. The first-order valence-corrected chi connectivity index (χ1v) is 15.6. The van der Waals surface area contributed by atoms with Crippen LogP contribution in [0.5, 0.6) is 0 Å². The van der Waals surface area contributed by atoms with Crippen LogP contribution >= 0.6 is 0 Å². The van der Waals surface area contributed by atoms with Crippen molar-refractivity contribution in [1.82, 2.24) is 0 Å². The largest absolute Gasteiger partial charge is 0.481 e. The van der Waals surface area contributed by atoms with Gasteiger partial charge in [0.25, 0.3) is 0 Å². The Bertz CT molecular complexity index is 1130. The monoisotopic (exact) mass is 578 g/mol. The molecule has 4 saturated heterocycles. The van der Waals surface area contributed by atoms with Crippen LogP contribution in [0.1, 0.15) is 77.6 Å². The summed E-state index contributed by atoms with van der Waals surface area (Å²) in [6.45, 7) is 2.76. The summed E-state index contributed by atoms with van der Waals surface area (Å²) in [6, 6.07) is 0. The third-order valence-corrected chi connectivity index (χ3v) is 13.1. The van der Waals surface area contributed by atoms with E-state index in [-0.39, 0.29) is 87.2 Å². The predicted molar refractivity (Wildman–Crippen MR) is 137 cm³/mol. The lowest BCUT2D eigenvalue weighted by Crippen LogP contribution is -2.71. The molecule has 8 fully saturated rings. The molecule has 228 valence electrons. The number of rotatable bonds is 3. The Balaban J connectivity index is 1.06. The topological polar surface area (TPSA) is 150 Å². The van der Waals surface area contributed by atoms with Crippen LogP contribution in [0.2, 0.25) is 0 Å². The van der Waals surface area contributed by atoms with Gasteiger partial charge in [0, 0.05) is 24.2 Å². The molecule has 0 amide bonds. The lowest BCUT2D eigenvalue weighted by atomic mass is 9.41. The van der Waals surface area contributed by atoms with Gasteiger partial charge in [-0.3, -0.25) is 9.59 Å². The smallest absolute Gasteiger partial charge is 0.312 e. The van der Waals surface area contributed by atoms with Crippen LogP contribution in [0.15, 0.2) is 0 Å². The molecule has 2 spiro atoms. The Morgan fingerprint density at radius 1 is 1.00 bits per heavy atom. The molecule has 0 aromatic carbocycles. The normalized spacial score (nSPS) is 57.4. The van der Waals surface area contributed by atoms with Gasteiger partial charge in [-0.15, -0.1) is 0 Å². The fourth-order valence-electron chi connectivity index (χ4n) is 11.4. The van der Waals surface area contributed by atoms with E-state index in [1.165, 1.54) is 0 Å². The minimum Gasteiger partial charge on any atom is -0.481 e. The average molecular weight is 579 g/mol. The Hall–Kier alpha value is -1.34. The Morgan fingerprint density at radius 3 is 2.61 bits per heavy atom. The van der Waals surface area contributed by atoms with Crippen LogP contribution in [-0.2, 0) is 38.0 Å². The Kier molecular flexibility index (Phi) is 5.88. The van der Waals surface area contributed by atoms with Gasteiger partial charge in [0.1, 0.15) is 25.1 Å². The van der Waals surface area contributed by atoms with Crippen LogP contribution in [0.25, 0.3) is 0 Å². The van der Waals surface area contributed by atoms with Crippen molar-refractivity contribution < 1.29 is 53.3 Å². The number of carboxylic acid groups (broad SMARTS) is 1. The van der Waals surface area contributed by atoms with E-state index in [1.54, 1.807) is 0 Å². The van der Waals surface area contributed by atoms with E-state index in [4.69, 9.17) is 28.4 Å². The first-order valence-electron chi connectivity index (χ1n) is 15.6. The first kappa shape index (κ1) is 27.2. The minimum absolute atomic E-state index is 0.00150. The van der Waals surface area contributed by atoms with Crippen molar-refractivity contribution in [2.24, 2.45) is 28.6 Å². The molecule has 8 rings (SSSR count). The zero-order valence-electron chi connectivity index (χ0n) is 23.6. The molecule has 0 aromatic rings. The third kappa shape index (κ3) is 3.40. The van der Waals surface area contributed by atoms with Crippen molar-refractivity contribution in [3.8, 4) is 0 Å². The van der Waals surface area contributed by atoms with Crippen molar-refractivity contribution in [3.05, 3.63) is 0 Å². The molecule has 3 N–H and O–H groups in total. The Morgan fingerprint density at radius 2 is 1.83 bits per heavy atom. The first-order chi connectivity index (χ1) is 19.6. The number of cyclic esters (lactones) is 1. The quantitative estimate of drug-likeness (QED) is 0.333. The van der Waals surface area contributed by atoms with Crippen LogP contribution in [0, 0.1) is 28.6 Å². The SMILES string of the molecule is C[C@@H]1C[C@H]2OCO[C@H]2[C@H](O[C@H]2CC[C@]3(C(=O)O)[C@H]4CC[C@]56CO[C@]7(COC(=O)C7)[C@H]5CC[C@]6(O)[C@@H]4CC[C@]3(O)C2)O1. The number of hydrogen-bond donors (Lipinski definition) is 3. The van der Waals surface area contributed by atoms with Gasteiger partial charge in [0.05, 0.1) is 48.0 Å². The van der Waals surface area contributed by atoms with E-state index < -0.39 is 39.9 Å². The highest BCUT2D eigenvalue weighted by Crippen LogP contribution is 2.73. The summed E-state index contributed by atoms with van der Waals surface area (Å²) < 4.78 is 35.6. The summed E-state index contributed by atoms with van der Waals surface area (Å²) >= 11 is 0. The van der Waals surface area contributed by atoms with Crippen molar-refractivity contribution in [1.29, 1.82) is 0 Å². The number of ether oxygens (including phenoxy) is 6. The number of carbonyl (C=O) groups is 2. The molecule has 0 unspecified atom stereocenters. The van der Waals surface area contributed by atoms with Gasteiger partial charge in [-0.05, 0) is 70.1 Å². The maximum Gasteiger partial charge on any atom is 0.312 e. The van der Waals surface area contributed by atoms with E-state index in [0.717, 1.165) is 12.8 Å². The molecule has 41 heavy (non-hydrogen) atoms. The summed E-state index contributed by atoms with van der Waals surface area (Å²) in [5, 5.41) is 35.7. The summed E-state index contributed by atoms with van der Waals surface area (Å²) in [5.41, 5.74) is -5.14. The summed E-state index contributed by atoms with van der Waals surface area (Å²) in [6.07, 6.45) is 3.72. The number of carbonyl (C=O) groups excluding carboxylic acids is 1. The van der Waals surface area contributed by atoms with Gasteiger partial charge in [0.2, 0.25) is 0 Å². The average Bonchev–Trinajstić information content (AvgIpc) is 3.68. The zero-order valence-corrected chi connectivity index (χ0v) is 23.6. The minimum atomic E-state index is -1.46. The highest BCUT2D eigenvalue weighted by molar-refractivity contribution is 5.78. The fraction of sp³-hybridized carbons (Fsp3) is 0.933. The van der Waals surface area contributed by atoms with Gasteiger partial charge < -0.3 is 43.7 Å². The number of hydrogen-bond acceptors (Lipinski definition) is 10. The highest BCUT2D eigenvalue weighted by atomic mass is 16.8. The zero-order chi connectivity index (χ0) is 28.4. The lowest BCUT2D eigenvalue weighted by Gasteiger charge is -2.65. The van der Waals surface area contributed by atoms with Crippen LogP contribution in [-0.4, -0.2) is 94.8 Å². The molecular weight excluding hydrogens is 536 g/mol. The van der Waals surface area contributed by atoms with Crippen molar-refractivity contribution in [3.63, 3.8) is 0 Å². The molecule has 4 heterocycles. The summed E-state index contributed by atoms with van der Waals surface area (Å²) in [5.74, 6) is -1.87. The van der Waals surface area contributed by atoms with Gasteiger partial charge in [-0.1, -0.05) is 0 Å². The van der Waals surface area contributed by atoms with E-state index in [2.05, 4.69) is 0 Å². The second-order valence-corrected chi connectivity index (χ2v) is 14.5. The maximum absolute atomic E-state index is 13.3. The molecular formula is C30H42O11. The van der Waals surface area contributed by atoms with E-state index in [0.29, 0.717) is 38.7 Å². The third-order valence-electron chi connectivity index (χ3n) is 13.1. The number of aliphatic hydroxyl groups is 2. The van der Waals surface area contributed by atoms with Gasteiger partial charge in [0.15, 0.2) is 6.29 Å². The molecule has 4 aliphatic heterocycles. The molecule has 11 nitrogen and oxygen atoms in total. The molecule has 4 saturated carbocycles. The second kappa shape index (κ2) is 8.86. The van der Waals surface area contributed by atoms with Crippen molar-refractivity contribution in [2.75, 3.05) is 20.0 Å². The molecule has 8 aliphatic rings. The number of aliphatic carboxylic acids is 1. The highest BCUT2D eigenvalue weighted by Gasteiger charge is 2.78.